The predicted octanol–water partition coefficient (Wildman–Crippen LogP) is 2.83. The van der Waals surface area contributed by atoms with Gasteiger partial charge < -0.3 is 0 Å². The second-order valence-corrected chi connectivity index (χ2v) is 3.54. The van der Waals surface area contributed by atoms with Gasteiger partial charge in [-0.15, -0.1) is 6.42 Å². The molecule has 0 N–H and O–H groups in total. The number of hydrogen-bond donors (Lipinski definition) is 0. The van der Waals surface area contributed by atoms with E-state index in [0.29, 0.717) is 23.2 Å². The molecule has 86 valence electrons. The van der Waals surface area contributed by atoms with Crippen molar-refractivity contribution in [2.45, 2.75) is 13.5 Å². The standard InChI is InChI=1S/C13H10F2N2/c1-3-9-5-12(14)13(15)6-11(9)10-7-16-17(4-2)8-10/h1,5-8H,4H2,2H3. The van der Waals surface area contributed by atoms with E-state index in [4.69, 9.17) is 6.42 Å². The lowest BCUT2D eigenvalue weighted by Crippen LogP contribution is -1.93. The first-order chi connectivity index (χ1) is 8.15. The van der Waals surface area contributed by atoms with Gasteiger partial charge in [0.2, 0.25) is 0 Å². The van der Waals surface area contributed by atoms with Crippen molar-refractivity contribution < 1.29 is 8.78 Å². The summed E-state index contributed by atoms with van der Waals surface area (Å²) in [4.78, 5) is 0. The van der Waals surface area contributed by atoms with Crippen molar-refractivity contribution >= 4 is 0 Å². The van der Waals surface area contributed by atoms with Gasteiger partial charge in [0.05, 0.1) is 6.20 Å². The summed E-state index contributed by atoms with van der Waals surface area (Å²) in [5.74, 6) is 0.492. The Morgan fingerprint density at radius 1 is 1.35 bits per heavy atom. The van der Waals surface area contributed by atoms with Crippen molar-refractivity contribution in [1.82, 2.24) is 9.78 Å². The zero-order chi connectivity index (χ0) is 12.4. The number of rotatable bonds is 2. The van der Waals surface area contributed by atoms with Gasteiger partial charge in [0.15, 0.2) is 11.6 Å². The fourth-order valence-electron chi connectivity index (χ4n) is 1.58. The van der Waals surface area contributed by atoms with Crippen molar-refractivity contribution in [3.63, 3.8) is 0 Å². The van der Waals surface area contributed by atoms with Crippen molar-refractivity contribution in [2.24, 2.45) is 0 Å². The lowest BCUT2D eigenvalue weighted by molar-refractivity contribution is 0.509. The molecular weight excluding hydrogens is 222 g/mol. The molecule has 0 saturated carbocycles. The van der Waals surface area contributed by atoms with Crippen LogP contribution < -0.4 is 0 Å². The molecule has 17 heavy (non-hydrogen) atoms. The molecule has 4 heteroatoms. The van der Waals surface area contributed by atoms with Crippen LogP contribution in [0.1, 0.15) is 12.5 Å². The van der Waals surface area contributed by atoms with E-state index in [-0.39, 0.29) is 0 Å². The zero-order valence-electron chi connectivity index (χ0n) is 9.24. The van der Waals surface area contributed by atoms with Crippen LogP contribution in [0, 0.1) is 24.0 Å². The van der Waals surface area contributed by atoms with Crippen LogP contribution in [0.5, 0.6) is 0 Å². The third-order valence-electron chi connectivity index (χ3n) is 2.48. The van der Waals surface area contributed by atoms with Crippen LogP contribution in [0.3, 0.4) is 0 Å². The second-order valence-electron chi connectivity index (χ2n) is 3.54. The SMILES string of the molecule is C#Cc1cc(F)c(F)cc1-c1cnn(CC)c1. The molecule has 0 unspecified atom stereocenters. The molecular formula is C13H10F2N2. The van der Waals surface area contributed by atoms with Gasteiger partial charge in [-0.2, -0.15) is 5.10 Å². The Morgan fingerprint density at radius 3 is 2.65 bits per heavy atom. The molecule has 0 radical (unpaired) electrons. The van der Waals surface area contributed by atoms with Crippen LogP contribution in [0.15, 0.2) is 24.5 Å². The third kappa shape index (κ3) is 2.04. The zero-order valence-corrected chi connectivity index (χ0v) is 9.24. The minimum atomic E-state index is -0.940. The number of hydrogen-bond acceptors (Lipinski definition) is 1. The molecule has 0 bridgehead atoms. The largest absolute Gasteiger partial charge is 0.272 e. The molecule has 2 nitrogen and oxygen atoms in total. The summed E-state index contributed by atoms with van der Waals surface area (Å²) < 4.78 is 27.9. The van der Waals surface area contributed by atoms with Crippen LogP contribution in [0.2, 0.25) is 0 Å². The van der Waals surface area contributed by atoms with E-state index >= 15 is 0 Å². The van der Waals surface area contributed by atoms with E-state index in [1.54, 1.807) is 17.1 Å². The van der Waals surface area contributed by atoms with Gasteiger partial charge >= 0.3 is 0 Å². The van der Waals surface area contributed by atoms with Gasteiger partial charge in [-0.05, 0) is 19.1 Å². The van der Waals surface area contributed by atoms with Crippen LogP contribution in [0.4, 0.5) is 8.78 Å². The number of terminal acetylenes is 1. The van der Waals surface area contributed by atoms with Crippen molar-refractivity contribution in [3.8, 4) is 23.5 Å². The van der Waals surface area contributed by atoms with Crippen molar-refractivity contribution in [2.75, 3.05) is 0 Å². The highest BCUT2D eigenvalue weighted by Crippen LogP contribution is 2.25. The maximum Gasteiger partial charge on any atom is 0.160 e. The van der Waals surface area contributed by atoms with Gasteiger partial charge in [-0.3, -0.25) is 4.68 Å². The second kappa shape index (κ2) is 4.38. The summed E-state index contributed by atoms with van der Waals surface area (Å²) in [6, 6.07) is 2.12. The van der Waals surface area contributed by atoms with Gasteiger partial charge in [0.25, 0.3) is 0 Å². The summed E-state index contributed by atoms with van der Waals surface area (Å²) >= 11 is 0. The van der Waals surface area contributed by atoms with Gasteiger partial charge in [0.1, 0.15) is 0 Å². The van der Waals surface area contributed by atoms with E-state index in [0.717, 1.165) is 12.1 Å². The van der Waals surface area contributed by atoms with Gasteiger partial charge in [-0.1, -0.05) is 5.92 Å². The first-order valence-electron chi connectivity index (χ1n) is 5.14. The van der Waals surface area contributed by atoms with E-state index in [1.807, 2.05) is 6.92 Å². The Balaban J connectivity index is 2.58. The minimum Gasteiger partial charge on any atom is -0.272 e. The van der Waals surface area contributed by atoms with E-state index < -0.39 is 11.6 Å². The molecule has 0 aliphatic rings. The summed E-state index contributed by atoms with van der Waals surface area (Å²) in [5, 5.41) is 4.07. The first kappa shape index (κ1) is 11.3. The van der Waals surface area contributed by atoms with E-state index in [9.17, 15) is 8.78 Å². The molecule has 2 aromatic rings. The molecule has 0 aliphatic heterocycles. The maximum absolute atomic E-state index is 13.2. The predicted molar refractivity (Wildman–Crippen MR) is 61.2 cm³/mol. The number of aryl methyl sites for hydroxylation is 1. The average Bonchev–Trinajstić information content (AvgIpc) is 2.80. The van der Waals surface area contributed by atoms with Crippen LogP contribution in [-0.4, -0.2) is 9.78 Å². The molecule has 0 amide bonds. The molecule has 0 aliphatic carbocycles. The lowest BCUT2D eigenvalue weighted by Gasteiger charge is -2.03. The fourth-order valence-corrected chi connectivity index (χ4v) is 1.58. The Bertz CT molecular complexity index is 594. The average molecular weight is 232 g/mol. The number of halogens is 2. The van der Waals surface area contributed by atoms with Crippen LogP contribution >= 0.6 is 0 Å². The van der Waals surface area contributed by atoms with Crippen LogP contribution in [0.25, 0.3) is 11.1 Å². The molecule has 0 saturated heterocycles. The molecule has 2 rings (SSSR count). The number of benzene rings is 1. The summed E-state index contributed by atoms with van der Waals surface area (Å²) in [6.07, 6.45) is 8.60. The highest BCUT2D eigenvalue weighted by atomic mass is 19.2. The van der Waals surface area contributed by atoms with Crippen molar-refractivity contribution in [3.05, 3.63) is 41.7 Å². The smallest absolute Gasteiger partial charge is 0.160 e. The summed E-state index contributed by atoms with van der Waals surface area (Å²) in [5.41, 5.74) is 1.48. The molecule has 1 aromatic carbocycles. The fraction of sp³-hybridized carbons (Fsp3) is 0.154. The molecule has 1 heterocycles. The third-order valence-corrected chi connectivity index (χ3v) is 2.48. The number of aromatic nitrogens is 2. The Kier molecular flexibility index (Phi) is 2.92. The molecule has 0 spiro atoms. The molecule has 0 atom stereocenters. The Morgan fingerprint density at radius 2 is 2.06 bits per heavy atom. The highest BCUT2D eigenvalue weighted by Gasteiger charge is 2.11. The Labute approximate surface area is 97.9 Å². The van der Waals surface area contributed by atoms with Gasteiger partial charge in [0, 0.05) is 29.4 Å². The maximum atomic E-state index is 13.2. The normalized spacial score (nSPS) is 10.2. The quantitative estimate of drug-likeness (QED) is 0.728. The molecule has 1 aromatic heterocycles. The minimum absolute atomic E-state index is 0.319. The monoisotopic (exact) mass is 232 g/mol. The van der Waals surface area contributed by atoms with Gasteiger partial charge in [-0.25, -0.2) is 8.78 Å². The summed E-state index contributed by atoms with van der Waals surface area (Å²) in [7, 11) is 0. The first-order valence-corrected chi connectivity index (χ1v) is 5.14. The lowest BCUT2D eigenvalue weighted by atomic mass is 10.0. The van der Waals surface area contributed by atoms with Crippen molar-refractivity contribution in [1.29, 1.82) is 0 Å². The Hall–Kier alpha value is -2.15. The highest BCUT2D eigenvalue weighted by molar-refractivity contribution is 5.70. The van der Waals surface area contributed by atoms with Crippen LogP contribution in [-0.2, 0) is 6.54 Å². The molecule has 0 fully saturated rings. The topological polar surface area (TPSA) is 17.8 Å². The van der Waals surface area contributed by atoms with E-state index in [1.165, 1.54) is 0 Å². The summed E-state index contributed by atoms with van der Waals surface area (Å²) in [6.45, 7) is 2.64. The van der Waals surface area contributed by atoms with E-state index in [2.05, 4.69) is 11.0 Å². The number of nitrogens with zero attached hydrogens (tertiary/aromatic N) is 2.